The predicted molar refractivity (Wildman–Crippen MR) is 58.5 cm³/mol. The highest BCUT2D eigenvalue weighted by atomic mass is 79.9. The van der Waals surface area contributed by atoms with Gasteiger partial charge in [0.05, 0.1) is 13.8 Å². The molecule has 0 bridgehead atoms. The van der Waals surface area contributed by atoms with E-state index in [0.717, 1.165) is 3.79 Å². The Hall–Kier alpha value is -0.400. The number of fused-ring (bicyclic) bond motifs is 1. The van der Waals surface area contributed by atoms with Gasteiger partial charge in [-0.25, -0.2) is 4.79 Å². The van der Waals surface area contributed by atoms with Crippen molar-refractivity contribution in [2.45, 2.75) is 0 Å². The van der Waals surface area contributed by atoms with Gasteiger partial charge in [0.15, 0.2) is 0 Å². The molecule has 0 radical (unpaired) electrons. The van der Waals surface area contributed by atoms with Gasteiger partial charge in [-0.15, -0.1) is 11.3 Å². The van der Waals surface area contributed by atoms with Crippen LogP contribution in [0.2, 0.25) is 0 Å². The standard InChI is InChI=1S/C6H2Br2N2O2S/c7-1-2-3(13-4(1)8)5(11)10-6(12)9-2/h(H2,9,10,11,12). The summed E-state index contributed by atoms with van der Waals surface area (Å²) in [6.45, 7) is 0. The van der Waals surface area contributed by atoms with Crippen LogP contribution < -0.4 is 11.2 Å². The normalized spacial score (nSPS) is 10.9. The molecule has 2 N–H and O–H groups in total. The minimum Gasteiger partial charge on any atom is -0.305 e. The summed E-state index contributed by atoms with van der Waals surface area (Å²) < 4.78 is 1.99. The highest BCUT2D eigenvalue weighted by molar-refractivity contribution is 9.13. The van der Waals surface area contributed by atoms with Gasteiger partial charge in [0.2, 0.25) is 0 Å². The number of H-pyrrole nitrogens is 2. The summed E-state index contributed by atoms with van der Waals surface area (Å²) in [6, 6.07) is 0. The third kappa shape index (κ3) is 1.40. The first kappa shape index (κ1) is 9.17. The number of aromatic amines is 2. The molecular weight excluding hydrogens is 324 g/mol. The lowest BCUT2D eigenvalue weighted by Crippen LogP contribution is -2.20. The fourth-order valence-electron chi connectivity index (χ4n) is 0.960. The van der Waals surface area contributed by atoms with Crippen LogP contribution in [-0.2, 0) is 0 Å². The average molecular weight is 326 g/mol. The van der Waals surface area contributed by atoms with Crippen molar-refractivity contribution in [1.29, 1.82) is 0 Å². The maximum absolute atomic E-state index is 11.3. The maximum atomic E-state index is 11.3. The van der Waals surface area contributed by atoms with E-state index in [9.17, 15) is 9.59 Å². The summed E-state index contributed by atoms with van der Waals surface area (Å²) in [5.41, 5.74) is -0.329. The molecule has 0 spiro atoms. The second kappa shape index (κ2) is 3.07. The lowest BCUT2D eigenvalue weighted by Gasteiger charge is -1.87. The van der Waals surface area contributed by atoms with E-state index in [1.54, 1.807) is 0 Å². The van der Waals surface area contributed by atoms with Gasteiger partial charge < -0.3 is 4.98 Å². The Morgan fingerprint density at radius 2 is 1.85 bits per heavy atom. The molecule has 0 aromatic carbocycles. The van der Waals surface area contributed by atoms with Gasteiger partial charge in [0, 0.05) is 0 Å². The Morgan fingerprint density at radius 1 is 1.15 bits per heavy atom. The van der Waals surface area contributed by atoms with Crippen molar-refractivity contribution in [1.82, 2.24) is 9.97 Å². The van der Waals surface area contributed by atoms with Gasteiger partial charge in [-0.1, -0.05) is 0 Å². The summed E-state index contributed by atoms with van der Waals surface area (Å²) in [6.07, 6.45) is 0. The van der Waals surface area contributed by atoms with Gasteiger partial charge in [0.1, 0.15) is 4.70 Å². The van der Waals surface area contributed by atoms with Crippen LogP contribution in [0.1, 0.15) is 0 Å². The fraction of sp³-hybridized carbons (Fsp3) is 0. The Morgan fingerprint density at radius 3 is 2.54 bits per heavy atom. The second-order valence-corrected chi connectivity index (χ2v) is 5.43. The molecule has 7 heteroatoms. The number of thiophene rings is 1. The lowest BCUT2D eigenvalue weighted by atomic mass is 10.5. The van der Waals surface area contributed by atoms with E-state index in [-0.39, 0.29) is 5.56 Å². The minimum absolute atomic E-state index is 0.366. The van der Waals surface area contributed by atoms with Crippen molar-refractivity contribution in [3.8, 4) is 0 Å². The van der Waals surface area contributed by atoms with Crippen LogP contribution in [0.15, 0.2) is 17.8 Å². The minimum atomic E-state index is -0.497. The molecule has 0 atom stereocenters. The first-order valence-corrected chi connectivity index (χ1v) is 5.60. The molecule has 0 fully saturated rings. The van der Waals surface area contributed by atoms with Crippen LogP contribution in [-0.4, -0.2) is 9.97 Å². The monoisotopic (exact) mass is 324 g/mol. The number of hydrogen-bond acceptors (Lipinski definition) is 3. The molecule has 0 saturated heterocycles. The van der Waals surface area contributed by atoms with Crippen LogP contribution in [0.3, 0.4) is 0 Å². The molecule has 13 heavy (non-hydrogen) atoms. The Kier molecular flexibility index (Phi) is 2.17. The van der Waals surface area contributed by atoms with E-state index in [1.807, 2.05) is 0 Å². The summed E-state index contributed by atoms with van der Waals surface area (Å²) >= 11 is 7.79. The number of nitrogens with one attached hydrogen (secondary N) is 2. The van der Waals surface area contributed by atoms with E-state index in [4.69, 9.17) is 0 Å². The lowest BCUT2D eigenvalue weighted by molar-refractivity contribution is 1.09. The number of hydrogen-bond donors (Lipinski definition) is 2. The van der Waals surface area contributed by atoms with Gasteiger partial charge in [-0.2, -0.15) is 0 Å². The Balaban J connectivity index is 3.12. The van der Waals surface area contributed by atoms with Crippen LogP contribution in [0, 0.1) is 0 Å². The molecule has 2 aromatic heterocycles. The van der Waals surface area contributed by atoms with Crippen LogP contribution in [0.4, 0.5) is 0 Å². The SMILES string of the molecule is O=c1[nH]c(=O)c2sc(Br)c(Br)c2[nH]1. The summed E-state index contributed by atoms with van der Waals surface area (Å²) in [5, 5.41) is 0. The second-order valence-electron chi connectivity index (χ2n) is 2.30. The van der Waals surface area contributed by atoms with Gasteiger partial charge in [-0.3, -0.25) is 9.78 Å². The smallest absolute Gasteiger partial charge is 0.305 e. The quantitative estimate of drug-likeness (QED) is 0.775. The average Bonchev–Trinajstić information content (AvgIpc) is 2.32. The van der Waals surface area contributed by atoms with Crippen molar-refractivity contribution in [3.05, 3.63) is 29.1 Å². The van der Waals surface area contributed by atoms with E-state index in [1.165, 1.54) is 11.3 Å². The fourth-order valence-corrected chi connectivity index (χ4v) is 3.08. The molecule has 0 saturated carbocycles. The first-order valence-electron chi connectivity index (χ1n) is 3.19. The molecule has 0 amide bonds. The largest absolute Gasteiger partial charge is 0.326 e. The summed E-state index contributed by atoms with van der Waals surface area (Å²) in [5.74, 6) is 0. The molecule has 0 aliphatic heterocycles. The van der Waals surface area contributed by atoms with Gasteiger partial charge >= 0.3 is 5.69 Å². The number of aromatic nitrogens is 2. The van der Waals surface area contributed by atoms with Crippen LogP contribution in [0.25, 0.3) is 10.2 Å². The van der Waals surface area contributed by atoms with Crippen molar-refractivity contribution < 1.29 is 0 Å². The molecule has 2 aromatic rings. The highest BCUT2D eigenvalue weighted by Gasteiger charge is 2.11. The molecule has 4 nitrogen and oxygen atoms in total. The molecule has 0 aliphatic rings. The summed E-state index contributed by atoms with van der Waals surface area (Å²) in [7, 11) is 0. The third-order valence-corrected chi connectivity index (χ3v) is 4.93. The number of halogens is 2. The predicted octanol–water partition coefficient (Wildman–Crippen LogP) is 1.80. The Labute approximate surface area is 92.3 Å². The van der Waals surface area contributed by atoms with Crippen molar-refractivity contribution >= 4 is 53.4 Å². The van der Waals surface area contributed by atoms with E-state index in [0.29, 0.717) is 14.7 Å². The van der Waals surface area contributed by atoms with E-state index >= 15 is 0 Å². The number of rotatable bonds is 0. The highest BCUT2D eigenvalue weighted by Crippen LogP contribution is 2.35. The zero-order valence-corrected chi connectivity index (χ0v) is 9.97. The van der Waals surface area contributed by atoms with Gasteiger partial charge in [0.25, 0.3) is 5.56 Å². The zero-order chi connectivity index (χ0) is 9.59. The molecule has 68 valence electrons. The molecule has 2 heterocycles. The molecule has 0 unspecified atom stereocenters. The van der Waals surface area contributed by atoms with Crippen molar-refractivity contribution in [3.63, 3.8) is 0 Å². The molecule has 2 rings (SSSR count). The molecule has 0 aliphatic carbocycles. The van der Waals surface area contributed by atoms with Crippen molar-refractivity contribution in [2.24, 2.45) is 0 Å². The van der Waals surface area contributed by atoms with Crippen molar-refractivity contribution in [2.75, 3.05) is 0 Å². The summed E-state index contributed by atoms with van der Waals surface area (Å²) in [4.78, 5) is 26.9. The van der Waals surface area contributed by atoms with E-state index in [2.05, 4.69) is 41.8 Å². The van der Waals surface area contributed by atoms with Crippen LogP contribution >= 0.6 is 43.2 Å². The zero-order valence-electron chi connectivity index (χ0n) is 5.98. The van der Waals surface area contributed by atoms with Gasteiger partial charge in [-0.05, 0) is 31.9 Å². The third-order valence-electron chi connectivity index (χ3n) is 1.48. The topological polar surface area (TPSA) is 65.7 Å². The first-order chi connectivity index (χ1) is 6.09. The molecular formula is C6H2Br2N2O2S. The van der Waals surface area contributed by atoms with E-state index < -0.39 is 5.69 Å². The Bertz CT molecular complexity index is 582. The maximum Gasteiger partial charge on any atom is 0.326 e. The van der Waals surface area contributed by atoms with Crippen LogP contribution in [0.5, 0.6) is 0 Å².